The van der Waals surface area contributed by atoms with Crippen molar-refractivity contribution in [2.75, 3.05) is 6.54 Å². The summed E-state index contributed by atoms with van der Waals surface area (Å²) in [6.45, 7) is 2.56. The van der Waals surface area contributed by atoms with Crippen molar-refractivity contribution in [1.29, 1.82) is 0 Å². The number of hydrogen-bond acceptors (Lipinski definition) is 7. The Balaban J connectivity index is 1.56. The van der Waals surface area contributed by atoms with Crippen LogP contribution in [-0.4, -0.2) is 37.3 Å². The number of aliphatic hydroxyl groups excluding tert-OH is 1. The fourth-order valence-electron chi connectivity index (χ4n) is 2.61. The molecular formula is C18H22N2O5S. The summed E-state index contributed by atoms with van der Waals surface area (Å²) in [5.74, 6) is -0.417. The third-order valence-electron chi connectivity index (χ3n) is 4.07. The number of carbonyl (C=O) groups is 1. The lowest BCUT2D eigenvalue weighted by Crippen LogP contribution is -2.25. The zero-order chi connectivity index (χ0) is 18.7. The second kappa shape index (κ2) is 7.75. The molecule has 1 heterocycles. The molecule has 2 aromatic rings. The molecule has 0 bridgehead atoms. The van der Waals surface area contributed by atoms with Crippen molar-refractivity contribution in [1.82, 2.24) is 9.03 Å². The average molecular weight is 378 g/mol. The topological polar surface area (TPSA) is 102 Å². The molecule has 7 nitrogen and oxygen atoms in total. The molecule has 4 N–H and O–H groups in total. The van der Waals surface area contributed by atoms with Gasteiger partial charge in [0.1, 0.15) is 12.8 Å². The SMILES string of the molecule is Cc1ccc(COC(=O)c2ccc(CN3CC(O)NS3(O)O)cc2)cc1. The number of carbonyl (C=O) groups excluding carboxylic acids is 1. The summed E-state index contributed by atoms with van der Waals surface area (Å²) in [7, 11) is -3.16. The van der Waals surface area contributed by atoms with Crippen molar-refractivity contribution in [3.63, 3.8) is 0 Å². The minimum Gasteiger partial charge on any atom is -0.457 e. The zero-order valence-electron chi connectivity index (χ0n) is 14.3. The van der Waals surface area contributed by atoms with Crippen LogP contribution < -0.4 is 4.72 Å². The van der Waals surface area contributed by atoms with E-state index in [1.54, 1.807) is 24.3 Å². The first kappa shape index (κ1) is 18.8. The summed E-state index contributed by atoms with van der Waals surface area (Å²) in [6, 6.07) is 14.5. The molecule has 0 spiro atoms. The predicted molar refractivity (Wildman–Crippen MR) is 99.1 cm³/mol. The Morgan fingerprint density at radius 3 is 2.35 bits per heavy atom. The fourth-order valence-corrected chi connectivity index (χ4v) is 3.88. The van der Waals surface area contributed by atoms with Gasteiger partial charge < -0.3 is 9.84 Å². The van der Waals surface area contributed by atoms with Gasteiger partial charge in [0.05, 0.1) is 12.1 Å². The number of benzene rings is 2. The lowest BCUT2D eigenvalue weighted by atomic mass is 10.1. The molecule has 3 rings (SSSR count). The summed E-state index contributed by atoms with van der Waals surface area (Å²) < 4.78 is 28.7. The molecule has 1 aliphatic heterocycles. The molecular weight excluding hydrogens is 356 g/mol. The van der Waals surface area contributed by atoms with E-state index in [0.29, 0.717) is 5.56 Å². The number of aryl methyl sites for hydroxylation is 1. The third-order valence-corrected chi connectivity index (χ3v) is 5.66. The maximum absolute atomic E-state index is 12.1. The summed E-state index contributed by atoms with van der Waals surface area (Å²) in [5.41, 5.74) is 3.28. The molecule has 1 unspecified atom stereocenters. The van der Waals surface area contributed by atoms with Crippen molar-refractivity contribution in [3.8, 4) is 0 Å². The minimum atomic E-state index is -3.16. The minimum absolute atomic E-state index is 0.114. The number of hydrogen-bond donors (Lipinski definition) is 4. The highest BCUT2D eigenvalue weighted by molar-refractivity contribution is 8.20. The predicted octanol–water partition coefficient (Wildman–Crippen LogP) is 2.66. The van der Waals surface area contributed by atoms with E-state index in [0.717, 1.165) is 16.7 Å². The van der Waals surface area contributed by atoms with Gasteiger partial charge in [-0.15, -0.1) is 0 Å². The van der Waals surface area contributed by atoms with Crippen LogP contribution in [0.5, 0.6) is 0 Å². The lowest BCUT2D eigenvalue weighted by Gasteiger charge is -2.35. The van der Waals surface area contributed by atoms with Crippen molar-refractivity contribution >= 4 is 16.9 Å². The van der Waals surface area contributed by atoms with Crippen LogP contribution in [0, 0.1) is 6.92 Å². The van der Waals surface area contributed by atoms with Crippen LogP contribution in [0.4, 0.5) is 0 Å². The second-order valence-corrected chi connectivity index (χ2v) is 8.02. The molecule has 1 saturated heterocycles. The van der Waals surface area contributed by atoms with E-state index >= 15 is 0 Å². The van der Waals surface area contributed by atoms with E-state index in [9.17, 15) is 19.0 Å². The van der Waals surface area contributed by atoms with Gasteiger partial charge in [-0.1, -0.05) is 52.9 Å². The Morgan fingerprint density at radius 1 is 1.15 bits per heavy atom. The molecule has 8 heteroatoms. The van der Waals surface area contributed by atoms with Crippen LogP contribution in [0.2, 0.25) is 0 Å². The normalized spacial score (nSPS) is 20.7. The van der Waals surface area contributed by atoms with Crippen LogP contribution >= 0.6 is 11.0 Å². The monoisotopic (exact) mass is 378 g/mol. The molecule has 140 valence electrons. The summed E-state index contributed by atoms with van der Waals surface area (Å²) >= 11 is 0. The molecule has 2 aromatic carbocycles. The van der Waals surface area contributed by atoms with E-state index in [-0.39, 0.29) is 19.7 Å². The summed E-state index contributed by atoms with van der Waals surface area (Å²) in [4.78, 5) is 12.1. The number of aliphatic hydroxyl groups is 1. The first-order valence-electron chi connectivity index (χ1n) is 8.14. The number of ether oxygens (including phenoxy) is 1. The molecule has 1 aliphatic rings. The van der Waals surface area contributed by atoms with Crippen molar-refractivity contribution in [2.45, 2.75) is 26.3 Å². The molecule has 26 heavy (non-hydrogen) atoms. The molecule has 0 saturated carbocycles. The lowest BCUT2D eigenvalue weighted by molar-refractivity contribution is 0.0472. The van der Waals surface area contributed by atoms with Gasteiger partial charge in [-0.05, 0) is 30.2 Å². The van der Waals surface area contributed by atoms with E-state index in [2.05, 4.69) is 4.72 Å². The maximum atomic E-state index is 12.1. The highest BCUT2D eigenvalue weighted by Crippen LogP contribution is 2.44. The standard InChI is InChI=1S/C18H22N2O5S/c1-13-2-4-15(5-3-13)12-25-18(22)16-8-6-14(7-9-16)10-20-11-17(21)19-26(20,23)24/h2-9,17,19,21,23-24H,10-12H2,1H3. The summed E-state index contributed by atoms with van der Waals surface area (Å²) in [6.07, 6.45) is -0.976. The van der Waals surface area contributed by atoms with Crippen molar-refractivity contribution in [3.05, 3.63) is 70.8 Å². The van der Waals surface area contributed by atoms with Crippen LogP contribution in [0.3, 0.4) is 0 Å². The zero-order valence-corrected chi connectivity index (χ0v) is 15.1. The van der Waals surface area contributed by atoms with Gasteiger partial charge in [0.15, 0.2) is 0 Å². The smallest absolute Gasteiger partial charge is 0.338 e. The highest BCUT2D eigenvalue weighted by atomic mass is 32.3. The van der Waals surface area contributed by atoms with E-state index in [1.165, 1.54) is 4.31 Å². The maximum Gasteiger partial charge on any atom is 0.338 e. The Labute approximate surface area is 153 Å². The Bertz CT molecular complexity index is 764. The number of nitrogens with zero attached hydrogens (tertiary/aromatic N) is 1. The van der Waals surface area contributed by atoms with Gasteiger partial charge in [-0.25, -0.2) is 4.79 Å². The van der Waals surface area contributed by atoms with Gasteiger partial charge in [0.25, 0.3) is 0 Å². The second-order valence-electron chi connectivity index (χ2n) is 6.23. The molecule has 0 aromatic heterocycles. The molecule has 0 aliphatic carbocycles. The first-order chi connectivity index (χ1) is 12.3. The van der Waals surface area contributed by atoms with Crippen LogP contribution in [0.25, 0.3) is 0 Å². The number of β-amino-alcohol motifs (C(OH)–C–C–N with tert-alkyl or cyclic N) is 1. The number of nitrogens with one attached hydrogen (secondary N) is 1. The van der Waals surface area contributed by atoms with Crippen LogP contribution in [-0.2, 0) is 17.9 Å². The molecule has 0 radical (unpaired) electrons. The largest absolute Gasteiger partial charge is 0.457 e. The highest BCUT2D eigenvalue weighted by Gasteiger charge is 2.34. The quantitative estimate of drug-likeness (QED) is 0.593. The van der Waals surface area contributed by atoms with Gasteiger partial charge in [0, 0.05) is 6.54 Å². The first-order valence-corrected chi connectivity index (χ1v) is 9.64. The van der Waals surface area contributed by atoms with E-state index in [1.807, 2.05) is 31.2 Å². The van der Waals surface area contributed by atoms with Gasteiger partial charge >= 0.3 is 5.97 Å². The van der Waals surface area contributed by atoms with Gasteiger partial charge in [0.2, 0.25) is 0 Å². The Kier molecular flexibility index (Phi) is 5.61. The Morgan fingerprint density at radius 2 is 1.77 bits per heavy atom. The molecule has 1 atom stereocenters. The van der Waals surface area contributed by atoms with Crippen molar-refractivity contribution < 1.29 is 23.7 Å². The molecule has 0 amide bonds. The fraction of sp³-hybridized carbons (Fsp3) is 0.278. The Hall–Kier alpha value is -1.94. The van der Waals surface area contributed by atoms with E-state index < -0.39 is 23.2 Å². The number of rotatable bonds is 5. The summed E-state index contributed by atoms with van der Waals surface area (Å²) in [5, 5.41) is 9.49. The van der Waals surface area contributed by atoms with Crippen molar-refractivity contribution in [2.24, 2.45) is 0 Å². The van der Waals surface area contributed by atoms with Crippen LogP contribution in [0.1, 0.15) is 27.0 Å². The van der Waals surface area contributed by atoms with E-state index in [4.69, 9.17) is 4.74 Å². The van der Waals surface area contributed by atoms with Gasteiger partial charge in [-0.2, -0.15) is 9.03 Å². The van der Waals surface area contributed by atoms with Gasteiger partial charge in [-0.3, -0.25) is 9.11 Å². The average Bonchev–Trinajstić information content (AvgIpc) is 2.86. The van der Waals surface area contributed by atoms with Crippen LogP contribution in [0.15, 0.2) is 48.5 Å². The number of esters is 1. The molecule has 1 fully saturated rings. The third kappa shape index (κ3) is 4.61.